The van der Waals surface area contributed by atoms with Gasteiger partial charge in [-0.1, -0.05) is 6.92 Å². The van der Waals surface area contributed by atoms with E-state index in [1.165, 1.54) is 19.3 Å². The fraction of sp³-hybridized carbons (Fsp3) is 1.00. The first-order chi connectivity index (χ1) is 7.59. The third-order valence-electron chi connectivity index (χ3n) is 3.94. The van der Waals surface area contributed by atoms with E-state index in [0.717, 1.165) is 13.2 Å². The van der Waals surface area contributed by atoms with Crippen molar-refractivity contribution < 1.29 is 4.74 Å². The average molecular weight is 228 g/mol. The highest BCUT2D eigenvalue weighted by atomic mass is 16.5. The van der Waals surface area contributed by atoms with Gasteiger partial charge in [-0.05, 0) is 40.0 Å². The molecule has 1 aliphatic rings. The molecule has 0 aromatic carbocycles. The molecule has 1 aliphatic heterocycles. The summed E-state index contributed by atoms with van der Waals surface area (Å²) in [5, 5.41) is 0. The van der Waals surface area contributed by atoms with Crippen LogP contribution >= 0.6 is 0 Å². The lowest BCUT2D eigenvalue weighted by Crippen LogP contribution is -2.58. The Morgan fingerprint density at radius 3 is 2.56 bits per heavy atom. The van der Waals surface area contributed by atoms with Gasteiger partial charge in [-0.25, -0.2) is 0 Å². The van der Waals surface area contributed by atoms with Crippen LogP contribution in [-0.2, 0) is 4.74 Å². The highest BCUT2D eigenvalue weighted by Gasteiger charge is 2.41. The Labute approximate surface area is 100 Å². The normalized spacial score (nSPS) is 30.6. The topological polar surface area (TPSA) is 38.5 Å². The van der Waals surface area contributed by atoms with Crippen molar-refractivity contribution in [1.29, 1.82) is 0 Å². The molecule has 16 heavy (non-hydrogen) atoms. The fourth-order valence-electron chi connectivity index (χ4n) is 3.01. The largest absolute Gasteiger partial charge is 0.380 e. The standard InChI is InChI=1S/C13H28N2O/c1-5-12-8-7-11(3)15(12)13(4,9-14)10-16-6-2/h11-12H,5-10,14H2,1-4H3. The summed E-state index contributed by atoms with van der Waals surface area (Å²) in [6.07, 6.45) is 3.81. The summed E-state index contributed by atoms with van der Waals surface area (Å²) >= 11 is 0. The second kappa shape index (κ2) is 5.99. The molecule has 96 valence electrons. The number of hydrogen-bond acceptors (Lipinski definition) is 3. The molecule has 0 aromatic rings. The monoisotopic (exact) mass is 228 g/mol. The van der Waals surface area contributed by atoms with Crippen molar-refractivity contribution in [3.8, 4) is 0 Å². The molecular formula is C13H28N2O. The first-order valence-corrected chi connectivity index (χ1v) is 6.65. The van der Waals surface area contributed by atoms with Crippen LogP contribution < -0.4 is 5.73 Å². The first-order valence-electron chi connectivity index (χ1n) is 6.65. The third-order valence-corrected chi connectivity index (χ3v) is 3.94. The molecule has 0 amide bonds. The Bertz CT molecular complexity index is 210. The van der Waals surface area contributed by atoms with Gasteiger partial charge in [0.2, 0.25) is 0 Å². The molecule has 3 atom stereocenters. The Morgan fingerprint density at radius 2 is 2.06 bits per heavy atom. The van der Waals surface area contributed by atoms with E-state index in [4.69, 9.17) is 10.5 Å². The van der Waals surface area contributed by atoms with E-state index < -0.39 is 0 Å². The smallest absolute Gasteiger partial charge is 0.0660 e. The van der Waals surface area contributed by atoms with Gasteiger partial charge in [0.15, 0.2) is 0 Å². The third kappa shape index (κ3) is 2.76. The quantitative estimate of drug-likeness (QED) is 0.756. The summed E-state index contributed by atoms with van der Waals surface area (Å²) in [6.45, 7) is 11.1. The molecule has 0 aliphatic carbocycles. The van der Waals surface area contributed by atoms with E-state index >= 15 is 0 Å². The fourth-order valence-corrected chi connectivity index (χ4v) is 3.01. The highest BCUT2D eigenvalue weighted by molar-refractivity contribution is 4.97. The summed E-state index contributed by atoms with van der Waals surface area (Å²) in [5.74, 6) is 0. The van der Waals surface area contributed by atoms with Gasteiger partial charge in [-0.2, -0.15) is 0 Å². The van der Waals surface area contributed by atoms with Crippen LogP contribution in [0.25, 0.3) is 0 Å². The zero-order valence-electron chi connectivity index (χ0n) is 11.3. The summed E-state index contributed by atoms with van der Waals surface area (Å²) in [7, 11) is 0. The predicted octanol–water partition coefficient (Wildman–Crippen LogP) is 2.00. The van der Waals surface area contributed by atoms with Crippen LogP contribution in [0.15, 0.2) is 0 Å². The van der Waals surface area contributed by atoms with Gasteiger partial charge in [0, 0.05) is 25.2 Å². The van der Waals surface area contributed by atoms with Gasteiger partial charge in [0.1, 0.15) is 0 Å². The molecule has 0 saturated carbocycles. The molecular weight excluding hydrogens is 200 g/mol. The summed E-state index contributed by atoms with van der Waals surface area (Å²) in [4.78, 5) is 2.60. The molecule has 2 N–H and O–H groups in total. The SMILES string of the molecule is CCOCC(C)(CN)N1C(C)CCC1CC. The molecule has 1 heterocycles. The maximum atomic E-state index is 5.99. The number of likely N-dealkylation sites (tertiary alicyclic amines) is 1. The van der Waals surface area contributed by atoms with Crippen LogP contribution in [0.5, 0.6) is 0 Å². The Hall–Kier alpha value is -0.120. The average Bonchev–Trinajstić information content (AvgIpc) is 2.68. The predicted molar refractivity (Wildman–Crippen MR) is 68.6 cm³/mol. The maximum absolute atomic E-state index is 5.99. The molecule has 0 bridgehead atoms. The van der Waals surface area contributed by atoms with Crippen LogP contribution in [0.3, 0.4) is 0 Å². The number of hydrogen-bond donors (Lipinski definition) is 1. The minimum Gasteiger partial charge on any atom is -0.380 e. The second-order valence-electron chi connectivity index (χ2n) is 5.23. The molecule has 3 heteroatoms. The van der Waals surface area contributed by atoms with Crippen LogP contribution in [0, 0.1) is 0 Å². The van der Waals surface area contributed by atoms with Crippen LogP contribution in [0.2, 0.25) is 0 Å². The number of ether oxygens (including phenoxy) is 1. The summed E-state index contributed by atoms with van der Waals surface area (Å²) in [5.41, 5.74) is 5.99. The van der Waals surface area contributed by atoms with Crippen LogP contribution in [0.1, 0.15) is 47.0 Å². The van der Waals surface area contributed by atoms with Gasteiger partial charge in [0.05, 0.1) is 12.1 Å². The summed E-state index contributed by atoms with van der Waals surface area (Å²) in [6, 6.07) is 1.32. The lowest BCUT2D eigenvalue weighted by molar-refractivity contribution is -0.0150. The molecule has 1 saturated heterocycles. The van der Waals surface area contributed by atoms with E-state index in [1.54, 1.807) is 0 Å². The van der Waals surface area contributed by atoms with Crippen molar-refractivity contribution in [2.75, 3.05) is 19.8 Å². The number of nitrogens with two attached hydrogens (primary N) is 1. The molecule has 0 spiro atoms. The number of nitrogens with zero attached hydrogens (tertiary/aromatic N) is 1. The van der Waals surface area contributed by atoms with Crippen molar-refractivity contribution >= 4 is 0 Å². The molecule has 1 rings (SSSR count). The lowest BCUT2D eigenvalue weighted by atomic mass is 9.98. The van der Waals surface area contributed by atoms with Crippen molar-refractivity contribution in [3.63, 3.8) is 0 Å². The molecule has 3 unspecified atom stereocenters. The second-order valence-corrected chi connectivity index (χ2v) is 5.23. The van der Waals surface area contributed by atoms with Gasteiger partial charge in [-0.3, -0.25) is 4.90 Å². The van der Waals surface area contributed by atoms with Crippen molar-refractivity contribution in [1.82, 2.24) is 4.90 Å². The zero-order valence-corrected chi connectivity index (χ0v) is 11.3. The molecule has 3 nitrogen and oxygen atoms in total. The van der Waals surface area contributed by atoms with Gasteiger partial charge >= 0.3 is 0 Å². The van der Waals surface area contributed by atoms with Crippen molar-refractivity contribution in [2.45, 2.75) is 64.6 Å². The number of rotatable bonds is 6. The highest BCUT2D eigenvalue weighted by Crippen LogP contribution is 2.33. The van der Waals surface area contributed by atoms with Gasteiger partial charge in [0.25, 0.3) is 0 Å². The summed E-state index contributed by atoms with van der Waals surface area (Å²) < 4.78 is 5.62. The lowest BCUT2D eigenvalue weighted by Gasteiger charge is -2.44. The molecule has 0 radical (unpaired) electrons. The van der Waals surface area contributed by atoms with E-state index in [1.807, 2.05) is 6.92 Å². The first kappa shape index (κ1) is 13.9. The van der Waals surface area contributed by atoms with E-state index in [9.17, 15) is 0 Å². The van der Waals surface area contributed by atoms with Crippen molar-refractivity contribution in [2.24, 2.45) is 5.73 Å². The van der Waals surface area contributed by atoms with E-state index in [2.05, 4.69) is 25.7 Å². The van der Waals surface area contributed by atoms with Crippen molar-refractivity contribution in [3.05, 3.63) is 0 Å². The minimum atomic E-state index is 0.00655. The van der Waals surface area contributed by atoms with E-state index in [-0.39, 0.29) is 5.54 Å². The van der Waals surface area contributed by atoms with E-state index in [0.29, 0.717) is 18.6 Å². The Balaban J connectivity index is 2.75. The minimum absolute atomic E-state index is 0.00655. The maximum Gasteiger partial charge on any atom is 0.0660 e. The van der Waals surface area contributed by atoms with Gasteiger partial charge in [-0.15, -0.1) is 0 Å². The zero-order chi connectivity index (χ0) is 12.2. The molecule has 1 fully saturated rings. The Kier molecular flexibility index (Phi) is 5.22. The van der Waals surface area contributed by atoms with Crippen LogP contribution in [0.4, 0.5) is 0 Å². The molecule has 0 aromatic heterocycles. The van der Waals surface area contributed by atoms with Gasteiger partial charge < -0.3 is 10.5 Å². The Morgan fingerprint density at radius 1 is 1.38 bits per heavy atom. The van der Waals surface area contributed by atoms with Crippen LogP contribution in [-0.4, -0.2) is 42.3 Å².